The molecule has 1 aromatic heterocycles. The normalized spacial score (nSPS) is 10.6. The second kappa shape index (κ2) is 5.37. The molecule has 0 aliphatic carbocycles. The molecule has 0 aliphatic heterocycles. The van der Waals surface area contributed by atoms with E-state index in [1.807, 2.05) is 31.2 Å². The molecule has 1 aromatic carbocycles. The average molecular weight is 256 g/mol. The maximum Gasteiger partial charge on any atom is 0.149 e. The van der Waals surface area contributed by atoms with Crippen molar-refractivity contribution in [3.63, 3.8) is 0 Å². The number of aromatic nitrogens is 2. The summed E-state index contributed by atoms with van der Waals surface area (Å²) in [6.45, 7) is 1.89. The van der Waals surface area contributed by atoms with Crippen LogP contribution in [0.4, 0.5) is 0 Å². The number of nitrogens with zero attached hydrogens (tertiary/aromatic N) is 2. The summed E-state index contributed by atoms with van der Waals surface area (Å²) in [5.41, 5.74) is 0.898. The van der Waals surface area contributed by atoms with Crippen LogP contribution in [0.5, 0.6) is 0 Å². The van der Waals surface area contributed by atoms with Crippen LogP contribution in [0.2, 0.25) is 0 Å². The highest BCUT2D eigenvalue weighted by atomic mass is 32.2. The fourth-order valence-corrected chi connectivity index (χ4v) is 2.46. The molecule has 0 amide bonds. The first kappa shape index (κ1) is 11.5. The molecule has 1 heterocycles. The van der Waals surface area contributed by atoms with Crippen molar-refractivity contribution in [1.82, 2.24) is 10.2 Å². The van der Waals surface area contributed by atoms with Crippen LogP contribution in [0.15, 0.2) is 29.2 Å². The standard InChI is InChI=1S/C9H8N2O3S2/c1-6-10-11-9(15-6)7-4-2-3-5-8(7)16-14-13-12/h2-5,12H,1H3. The monoisotopic (exact) mass is 256 g/mol. The van der Waals surface area contributed by atoms with E-state index in [4.69, 9.17) is 5.26 Å². The Kier molecular flexibility index (Phi) is 3.86. The van der Waals surface area contributed by atoms with E-state index in [1.165, 1.54) is 11.3 Å². The molecule has 16 heavy (non-hydrogen) atoms. The second-order valence-corrected chi connectivity index (χ2v) is 4.77. The van der Waals surface area contributed by atoms with E-state index in [1.54, 1.807) is 0 Å². The Bertz CT molecular complexity index is 475. The van der Waals surface area contributed by atoms with Crippen LogP contribution < -0.4 is 0 Å². The Morgan fingerprint density at radius 1 is 1.31 bits per heavy atom. The topological polar surface area (TPSA) is 64.5 Å². The highest BCUT2D eigenvalue weighted by Crippen LogP contribution is 2.33. The van der Waals surface area contributed by atoms with E-state index in [0.29, 0.717) is 0 Å². The van der Waals surface area contributed by atoms with Gasteiger partial charge in [-0.05, 0) is 13.0 Å². The first-order valence-corrected chi connectivity index (χ1v) is 5.91. The van der Waals surface area contributed by atoms with Crippen molar-refractivity contribution in [3.05, 3.63) is 29.3 Å². The third-order valence-corrected chi connectivity index (χ3v) is 3.33. The SMILES string of the molecule is Cc1nnc(-c2ccccc2SOOO)s1. The molecule has 0 spiro atoms. The molecule has 0 bridgehead atoms. The third kappa shape index (κ3) is 2.57. The van der Waals surface area contributed by atoms with Crippen LogP contribution in [0.25, 0.3) is 10.6 Å². The van der Waals surface area contributed by atoms with E-state index in [0.717, 1.165) is 32.5 Å². The second-order valence-electron chi connectivity index (χ2n) is 2.85. The van der Waals surface area contributed by atoms with E-state index in [9.17, 15) is 0 Å². The lowest BCUT2D eigenvalue weighted by Gasteiger charge is -2.02. The average Bonchev–Trinajstić information content (AvgIpc) is 2.73. The van der Waals surface area contributed by atoms with Gasteiger partial charge in [0.25, 0.3) is 0 Å². The summed E-state index contributed by atoms with van der Waals surface area (Å²) in [5.74, 6) is 0. The summed E-state index contributed by atoms with van der Waals surface area (Å²) < 4.78 is 4.42. The summed E-state index contributed by atoms with van der Waals surface area (Å²) in [6, 6.07) is 7.51. The maximum absolute atomic E-state index is 8.12. The Balaban J connectivity index is 2.32. The predicted octanol–water partition coefficient (Wildman–Crippen LogP) is 2.94. The molecule has 2 rings (SSSR count). The zero-order valence-electron chi connectivity index (χ0n) is 8.28. The predicted molar refractivity (Wildman–Crippen MR) is 60.7 cm³/mol. The smallest absolute Gasteiger partial charge is 0.149 e. The summed E-state index contributed by atoms with van der Waals surface area (Å²) >= 11 is 2.41. The van der Waals surface area contributed by atoms with Gasteiger partial charge in [0.05, 0.1) is 12.0 Å². The van der Waals surface area contributed by atoms with Gasteiger partial charge in [0, 0.05) is 10.5 Å². The van der Waals surface area contributed by atoms with Gasteiger partial charge in [0.2, 0.25) is 0 Å². The van der Waals surface area contributed by atoms with Crippen molar-refractivity contribution in [1.29, 1.82) is 0 Å². The quantitative estimate of drug-likeness (QED) is 0.515. The van der Waals surface area contributed by atoms with Gasteiger partial charge in [-0.2, -0.15) is 0 Å². The minimum Gasteiger partial charge on any atom is -0.220 e. The molecule has 0 atom stereocenters. The van der Waals surface area contributed by atoms with Crippen LogP contribution in [0, 0.1) is 6.92 Å². The van der Waals surface area contributed by atoms with Gasteiger partial charge >= 0.3 is 0 Å². The van der Waals surface area contributed by atoms with Crippen molar-refractivity contribution in [2.24, 2.45) is 0 Å². The minimum absolute atomic E-state index is 0.799. The van der Waals surface area contributed by atoms with Gasteiger partial charge < -0.3 is 0 Å². The number of benzene rings is 1. The molecule has 0 radical (unpaired) electrons. The summed E-state index contributed by atoms with van der Waals surface area (Å²) in [7, 11) is 0. The molecule has 0 fully saturated rings. The molecule has 0 saturated heterocycles. The fraction of sp³-hybridized carbons (Fsp3) is 0.111. The molecule has 7 heteroatoms. The summed E-state index contributed by atoms with van der Waals surface area (Å²) in [6.07, 6.45) is 0. The van der Waals surface area contributed by atoms with Crippen LogP contribution in [-0.2, 0) is 9.37 Å². The maximum atomic E-state index is 8.12. The number of rotatable bonds is 4. The summed E-state index contributed by atoms with van der Waals surface area (Å²) in [5, 5.41) is 21.4. The molecular weight excluding hydrogens is 248 g/mol. The lowest BCUT2D eigenvalue weighted by molar-refractivity contribution is -0.432. The molecule has 0 aliphatic rings. The van der Waals surface area contributed by atoms with E-state index in [2.05, 4.69) is 19.6 Å². The number of aryl methyl sites for hydroxylation is 1. The first-order valence-electron chi connectivity index (χ1n) is 4.35. The molecule has 2 aromatic rings. The minimum atomic E-state index is 0.799. The third-order valence-electron chi connectivity index (χ3n) is 1.80. The highest BCUT2D eigenvalue weighted by molar-refractivity contribution is 7.94. The number of hydrogen-bond acceptors (Lipinski definition) is 7. The van der Waals surface area contributed by atoms with Gasteiger partial charge in [-0.25, -0.2) is 5.26 Å². The molecular formula is C9H8N2O3S2. The summed E-state index contributed by atoms with van der Waals surface area (Å²) in [4.78, 5) is 0.799. The van der Waals surface area contributed by atoms with Gasteiger partial charge in [-0.3, -0.25) is 0 Å². The Hall–Kier alpha value is -0.990. The lowest BCUT2D eigenvalue weighted by atomic mass is 10.2. The van der Waals surface area contributed by atoms with Crippen LogP contribution in [0.3, 0.4) is 0 Å². The van der Waals surface area contributed by atoms with Gasteiger partial charge in [-0.15, -0.1) is 14.5 Å². The van der Waals surface area contributed by atoms with E-state index in [-0.39, 0.29) is 0 Å². The Labute approximate surface area is 100 Å². The van der Waals surface area contributed by atoms with Crippen LogP contribution in [-0.4, -0.2) is 15.5 Å². The fourth-order valence-electron chi connectivity index (χ4n) is 1.17. The first-order chi connectivity index (χ1) is 7.81. The van der Waals surface area contributed by atoms with Crippen LogP contribution in [0.1, 0.15) is 5.01 Å². The van der Waals surface area contributed by atoms with Crippen molar-refractivity contribution < 1.29 is 14.6 Å². The number of hydrogen-bond donors (Lipinski definition) is 1. The van der Waals surface area contributed by atoms with E-state index >= 15 is 0 Å². The van der Waals surface area contributed by atoms with Crippen LogP contribution >= 0.6 is 23.4 Å². The molecule has 84 valence electrons. The van der Waals surface area contributed by atoms with Gasteiger partial charge in [0.1, 0.15) is 10.0 Å². The Morgan fingerprint density at radius 2 is 2.12 bits per heavy atom. The largest absolute Gasteiger partial charge is 0.220 e. The zero-order valence-corrected chi connectivity index (χ0v) is 9.92. The lowest BCUT2D eigenvalue weighted by Crippen LogP contribution is -1.84. The highest BCUT2D eigenvalue weighted by Gasteiger charge is 2.10. The van der Waals surface area contributed by atoms with Crippen molar-refractivity contribution in [2.45, 2.75) is 11.8 Å². The van der Waals surface area contributed by atoms with Gasteiger partial charge in [0.15, 0.2) is 0 Å². The zero-order chi connectivity index (χ0) is 11.4. The molecule has 0 saturated carbocycles. The molecule has 1 N–H and O–H groups in total. The van der Waals surface area contributed by atoms with Crippen molar-refractivity contribution in [3.8, 4) is 10.6 Å². The van der Waals surface area contributed by atoms with Gasteiger partial charge in [-0.1, -0.05) is 34.6 Å². The molecule has 5 nitrogen and oxygen atoms in total. The van der Waals surface area contributed by atoms with Crippen molar-refractivity contribution >= 4 is 23.4 Å². The van der Waals surface area contributed by atoms with E-state index < -0.39 is 0 Å². The Morgan fingerprint density at radius 3 is 2.81 bits per heavy atom. The molecule has 0 unspecified atom stereocenters. The van der Waals surface area contributed by atoms with Crippen molar-refractivity contribution in [2.75, 3.05) is 0 Å².